The van der Waals surface area contributed by atoms with Crippen molar-refractivity contribution < 1.29 is 14.4 Å². The predicted molar refractivity (Wildman–Crippen MR) is 72.1 cm³/mol. The van der Waals surface area contributed by atoms with Gasteiger partial charge in [-0.3, -0.25) is 0 Å². The summed E-state index contributed by atoms with van der Waals surface area (Å²) in [5, 5.41) is 13.6. The minimum absolute atomic E-state index is 0.0570. The van der Waals surface area contributed by atoms with Crippen LogP contribution in [-0.4, -0.2) is 39.3 Å². The van der Waals surface area contributed by atoms with Gasteiger partial charge < -0.3 is 14.5 Å². The quantitative estimate of drug-likeness (QED) is 0.921. The second-order valence-electron chi connectivity index (χ2n) is 4.46. The summed E-state index contributed by atoms with van der Waals surface area (Å²) in [6, 6.07) is 5.00. The SMILES string of the molecule is O=C(O)N1CC(c2nc(-c3ccc(Cl)cc3Cl)no2)C1. The molecule has 0 spiro atoms. The first-order valence-corrected chi connectivity index (χ1v) is 6.57. The number of carbonyl (C=O) groups is 1. The highest BCUT2D eigenvalue weighted by Gasteiger charge is 2.35. The van der Waals surface area contributed by atoms with E-state index in [4.69, 9.17) is 32.8 Å². The monoisotopic (exact) mass is 313 g/mol. The van der Waals surface area contributed by atoms with Gasteiger partial charge in [-0.15, -0.1) is 0 Å². The molecule has 0 atom stereocenters. The Morgan fingerprint density at radius 2 is 2.15 bits per heavy atom. The van der Waals surface area contributed by atoms with Gasteiger partial charge in [0, 0.05) is 23.7 Å². The van der Waals surface area contributed by atoms with Gasteiger partial charge in [0.2, 0.25) is 11.7 Å². The summed E-state index contributed by atoms with van der Waals surface area (Å²) in [6.45, 7) is 0.733. The molecule has 1 fully saturated rings. The van der Waals surface area contributed by atoms with Crippen LogP contribution in [0.4, 0.5) is 4.79 Å². The molecule has 104 valence electrons. The Kier molecular flexibility index (Phi) is 3.27. The van der Waals surface area contributed by atoms with Gasteiger partial charge in [0.1, 0.15) is 0 Å². The van der Waals surface area contributed by atoms with Crippen LogP contribution < -0.4 is 0 Å². The Hall–Kier alpha value is -1.79. The van der Waals surface area contributed by atoms with Gasteiger partial charge in [0.25, 0.3) is 0 Å². The zero-order valence-corrected chi connectivity index (χ0v) is 11.6. The zero-order chi connectivity index (χ0) is 14.3. The number of carboxylic acid groups (broad SMARTS) is 1. The summed E-state index contributed by atoms with van der Waals surface area (Å²) < 4.78 is 5.16. The maximum absolute atomic E-state index is 10.7. The van der Waals surface area contributed by atoms with Crippen molar-refractivity contribution in [1.29, 1.82) is 0 Å². The van der Waals surface area contributed by atoms with Crippen molar-refractivity contribution >= 4 is 29.3 Å². The molecule has 1 saturated heterocycles. The van der Waals surface area contributed by atoms with Gasteiger partial charge in [0.05, 0.1) is 10.9 Å². The Balaban J connectivity index is 1.79. The van der Waals surface area contributed by atoms with Crippen LogP contribution in [-0.2, 0) is 0 Å². The van der Waals surface area contributed by atoms with Gasteiger partial charge in [-0.1, -0.05) is 28.4 Å². The summed E-state index contributed by atoms with van der Waals surface area (Å²) in [7, 11) is 0. The third-order valence-corrected chi connectivity index (χ3v) is 3.66. The van der Waals surface area contributed by atoms with E-state index >= 15 is 0 Å². The summed E-state index contributed by atoms with van der Waals surface area (Å²) in [5.41, 5.74) is 0.625. The van der Waals surface area contributed by atoms with Gasteiger partial charge in [-0.25, -0.2) is 4.79 Å². The number of hydrogen-bond donors (Lipinski definition) is 1. The molecule has 0 bridgehead atoms. The van der Waals surface area contributed by atoms with E-state index in [0.29, 0.717) is 40.4 Å². The fourth-order valence-electron chi connectivity index (χ4n) is 1.97. The Bertz CT molecular complexity index is 668. The first kappa shape index (κ1) is 13.2. The van der Waals surface area contributed by atoms with Crippen LogP contribution in [0, 0.1) is 0 Å². The Morgan fingerprint density at radius 1 is 1.40 bits per heavy atom. The van der Waals surface area contributed by atoms with Crippen LogP contribution in [0.25, 0.3) is 11.4 Å². The average Bonchev–Trinajstić information content (AvgIpc) is 2.75. The van der Waals surface area contributed by atoms with E-state index in [2.05, 4.69) is 10.1 Å². The number of amides is 1. The van der Waals surface area contributed by atoms with Crippen LogP contribution in [0.15, 0.2) is 22.7 Å². The third kappa shape index (κ3) is 2.32. The van der Waals surface area contributed by atoms with E-state index in [0.717, 1.165) is 0 Å². The number of rotatable bonds is 2. The maximum atomic E-state index is 10.7. The van der Waals surface area contributed by atoms with Crippen molar-refractivity contribution in [1.82, 2.24) is 15.0 Å². The van der Waals surface area contributed by atoms with Crippen molar-refractivity contribution in [2.75, 3.05) is 13.1 Å². The van der Waals surface area contributed by atoms with Crippen LogP contribution in [0.3, 0.4) is 0 Å². The van der Waals surface area contributed by atoms with Crippen LogP contribution in [0.5, 0.6) is 0 Å². The molecule has 0 aliphatic carbocycles. The van der Waals surface area contributed by atoms with E-state index in [1.165, 1.54) is 4.90 Å². The van der Waals surface area contributed by atoms with Crippen molar-refractivity contribution in [3.05, 3.63) is 34.1 Å². The van der Waals surface area contributed by atoms with E-state index in [1.807, 2.05) is 0 Å². The molecule has 20 heavy (non-hydrogen) atoms. The largest absolute Gasteiger partial charge is 0.465 e. The molecule has 2 heterocycles. The molecular weight excluding hydrogens is 305 g/mol. The highest BCUT2D eigenvalue weighted by Crippen LogP contribution is 2.31. The molecule has 0 saturated carbocycles. The Morgan fingerprint density at radius 3 is 2.80 bits per heavy atom. The number of hydrogen-bond acceptors (Lipinski definition) is 4. The van der Waals surface area contributed by atoms with Crippen molar-refractivity contribution in [2.45, 2.75) is 5.92 Å². The second kappa shape index (κ2) is 4.96. The van der Waals surface area contributed by atoms with E-state index in [-0.39, 0.29) is 5.92 Å². The van der Waals surface area contributed by atoms with Crippen molar-refractivity contribution in [2.24, 2.45) is 0 Å². The van der Waals surface area contributed by atoms with Gasteiger partial charge in [-0.2, -0.15) is 4.98 Å². The first-order chi connectivity index (χ1) is 9.54. The summed E-state index contributed by atoms with van der Waals surface area (Å²) in [5.74, 6) is 0.734. The van der Waals surface area contributed by atoms with E-state index in [9.17, 15) is 4.79 Å². The van der Waals surface area contributed by atoms with Gasteiger partial charge in [0.15, 0.2) is 0 Å². The molecule has 1 amide bonds. The van der Waals surface area contributed by atoms with Crippen LogP contribution >= 0.6 is 23.2 Å². The maximum Gasteiger partial charge on any atom is 0.407 e. The fraction of sp³-hybridized carbons (Fsp3) is 0.250. The lowest BCUT2D eigenvalue weighted by molar-refractivity contribution is 0.0959. The molecule has 1 aromatic carbocycles. The topological polar surface area (TPSA) is 79.5 Å². The smallest absolute Gasteiger partial charge is 0.407 e. The number of halogens is 2. The fourth-order valence-corrected chi connectivity index (χ4v) is 2.47. The van der Waals surface area contributed by atoms with Gasteiger partial charge >= 0.3 is 6.09 Å². The summed E-state index contributed by atoms with van der Waals surface area (Å²) in [4.78, 5) is 16.2. The zero-order valence-electron chi connectivity index (χ0n) is 10.1. The summed E-state index contributed by atoms with van der Waals surface area (Å²) >= 11 is 11.9. The molecule has 2 aromatic rings. The van der Waals surface area contributed by atoms with Gasteiger partial charge in [-0.05, 0) is 18.2 Å². The molecule has 1 aliphatic heterocycles. The second-order valence-corrected chi connectivity index (χ2v) is 5.31. The molecule has 1 aliphatic rings. The molecular formula is C12H9Cl2N3O3. The normalized spacial score (nSPS) is 15.2. The number of benzene rings is 1. The number of likely N-dealkylation sites (tertiary alicyclic amines) is 1. The highest BCUT2D eigenvalue weighted by atomic mass is 35.5. The number of aromatic nitrogens is 2. The minimum Gasteiger partial charge on any atom is -0.465 e. The highest BCUT2D eigenvalue weighted by molar-refractivity contribution is 6.36. The van der Waals surface area contributed by atoms with E-state index < -0.39 is 6.09 Å². The lowest BCUT2D eigenvalue weighted by Crippen LogP contribution is -2.47. The molecule has 1 aromatic heterocycles. The molecule has 6 nitrogen and oxygen atoms in total. The predicted octanol–water partition coefficient (Wildman–Crippen LogP) is 3.12. The molecule has 0 unspecified atom stereocenters. The Labute approximate surface area is 123 Å². The number of nitrogens with zero attached hydrogens (tertiary/aromatic N) is 3. The third-order valence-electron chi connectivity index (χ3n) is 3.12. The van der Waals surface area contributed by atoms with E-state index in [1.54, 1.807) is 18.2 Å². The molecule has 3 rings (SSSR count). The van der Waals surface area contributed by atoms with Crippen molar-refractivity contribution in [3.8, 4) is 11.4 Å². The molecule has 1 N–H and O–H groups in total. The molecule has 0 radical (unpaired) electrons. The lowest BCUT2D eigenvalue weighted by atomic mass is 10.0. The standard InChI is InChI=1S/C12H9Cl2N3O3/c13-7-1-2-8(9(14)3-7)10-15-11(20-16-10)6-4-17(5-6)12(18)19/h1-3,6H,4-5H2,(H,18,19). The minimum atomic E-state index is -0.943. The van der Waals surface area contributed by atoms with Crippen molar-refractivity contribution in [3.63, 3.8) is 0 Å². The lowest BCUT2D eigenvalue weighted by Gasteiger charge is -2.34. The van der Waals surface area contributed by atoms with Crippen LogP contribution in [0.2, 0.25) is 10.0 Å². The average molecular weight is 314 g/mol. The summed E-state index contributed by atoms with van der Waals surface area (Å²) in [6.07, 6.45) is -0.943. The van der Waals surface area contributed by atoms with Crippen LogP contribution in [0.1, 0.15) is 11.8 Å². The molecule has 8 heteroatoms. The first-order valence-electron chi connectivity index (χ1n) is 5.81.